The van der Waals surface area contributed by atoms with E-state index in [2.05, 4.69) is 6.58 Å². The van der Waals surface area contributed by atoms with Crippen molar-refractivity contribution in [3.63, 3.8) is 0 Å². The highest BCUT2D eigenvalue weighted by Gasteiger charge is 2.36. The summed E-state index contributed by atoms with van der Waals surface area (Å²) in [6.07, 6.45) is 2.95. The Morgan fingerprint density at radius 2 is 1.65 bits per heavy atom. The molecule has 0 radical (unpaired) electrons. The number of carbonyl (C=O) groups is 2. The molecule has 0 aliphatic heterocycles. The Morgan fingerprint density at radius 1 is 1.15 bits per heavy atom. The van der Waals surface area contributed by atoms with Gasteiger partial charge in [0, 0.05) is 7.11 Å². The Morgan fingerprint density at radius 3 is 2.10 bits per heavy atom. The first kappa shape index (κ1) is 18.6. The SMILES string of the molecule is C=C(C)C.COCCOC(=O)C1CCCCC1C(=O)O. The predicted molar refractivity (Wildman–Crippen MR) is 76.4 cm³/mol. The first-order valence-corrected chi connectivity index (χ1v) is 6.90. The minimum atomic E-state index is -0.895. The average molecular weight is 286 g/mol. The molecule has 1 fully saturated rings. The zero-order valence-corrected chi connectivity index (χ0v) is 12.7. The minimum Gasteiger partial charge on any atom is -0.481 e. The molecule has 116 valence electrons. The standard InChI is InChI=1S/C11H18O5.C4H8/c1-15-6-7-16-11(14)9-5-3-2-4-8(9)10(12)13;1-4(2)3/h8-9H,2-7H2,1H3,(H,12,13);1H2,2-3H3. The summed E-state index contributed by atoms with van der Waals surface area (Å²) < 4.78 is 9.74. The number of rotatable bonds is 5. The van der Waals surface area contributed by atoms with Crippen LogP contribution in [0.3, 0.4) is 0 Å². The monoisotopic (exact) mass is 286 g/mol. The van der Waals surface area contributed by atoms with Crippen LogP contribution in [0.2, 0.25) is 0 Å². The van der Waals surface area contributed by atoms with Crippen molar-refractivity contribution in [3.05, 3.63) is 12.2 Å². The molecule has 0 spiro atoms. The van der Waals surface area contributed by atoms with Gasteiger partial charge in [0.2, 0.25) is 0 Å². The second-order valence-corrected chi connectivity index (χ2v) is 5.20. The van der Waals surface area contributed by atoms with E-state index >= 15 is 0 Å². The number of esters is 1. The van der Waals surface area contributed by atoms with E-state index in [9.17, 15) is 9.59 Å². The van der Waals surface area contributed by atoms with Crippen LogP contribution in [0.15, 0.2) is 12.2 Å². The Hall–Kier alpha value is -1.36. The van der Waals surface area contributed by atoms with Gasteiger partial charge in [0.25, 0.3) is 0 Å². The molecule has 5 nitrogen and oxygen atoms in total. The Balaban J connectivity index is 0.000000796. The molecule has 20 heavy (non-hydrogen) atoms. The van der Waals surface area contributed by atoms with Crippen LogP contribution in [0.5, 0.6) is 0 Å². The molecule has 0 bridgehead atoms. The van der Waals surface area contributed by atoms with E-state index in [1.54, 1.807) is 0 Å². The maximum absolute atomic E-state index is 11.6. The molecule has 1 saturated carbocycles. The highest BCUT2D eigenvalue weighted by atomic mass is 16.6. The summed E-state index contributed by atoms with van der Waals surface area (Å²) in [7, 11) is 1.52. The fourth-order valence-electron chi connectivity index (χ4n) is 2.04. The molecule has 0 saturated heterocycles. The van der Waals surface area contributed by atoms with Gasteiger partial charge in [0.15, 0.2) is 0 Å². The smallest absolute Gasteiger partial charge is 0.309 e. The molecule has 0 heterocycles. The van der Waals surface area contributed by atoms with Crippen LogP contribution >= 0.6 is 0 Å². The van der Waals surface area contributed by atoms with Gasteiger partial charge in [-0.25, -0.2) is 0 Å². The van der Waals surface area contributed by atoms with Gasteiger partial charge in [-0.2, -0.15) is 0 Å². The van der Waals surface area contributed by atoms with Crippen molar-refractivity contribution in [2.24, 2.45) is 11.8 Å². The normalized spacial score (nSPS) is 21.4. The molecule has 0 amide bonds. The molecule has 2 atom stereocenters. The summed E-state index contributed by atoms with van der Waals surface area (Å²) in [5.74, 6) is -2.36. The predicted octanol–water partition coefficient (Wildman–Crippen LogP) is 2.65. The third kappa shape index (κ3) is 7.94. The number of allylic oxidation sites excluding steroid dienone is 1. The molecule has 1 aliphatic carbocycles. The molecule has 1 N–H and O–H groups in total. The number of methoxy groups -OCH3 is 1. The number of ether oxygens (including phenoxy) is 2. The number of carboxylic acid groups (broad SMARTS) is 1. The van der Waals surface area contributed by atoms with E-state index in [4.69, 9.17) is 14.6 Å². The Bertz CT molecular complexity index is 320. The van der Waals surface area contributed by atoms with Gasteiger partial charge in [-0.1, -0.05) is 18.4 Å². The highest BCUT2D eigenvalue weighted by molar-refractivity contribution is 5.81. The lowest BCUT2D eigenvalue weighted by atomic mass is 9.79. The maximum atomic E-state index is 11.6. The topological polar surface area (TPSA) is 72.8 Å². The van der Waals surface area contributed by atoms with Crippen LogP contribution in [-0.4, -0.2) is 37.4 Å². The van der Waals surface area contributed by atoms with Crippen LogP contribution in [0, 0.1) is 11.8 Å². The third-order valence-electron chi connectivity index (χ3n) is 2.92. The van der Waals surface area contributed by atoms with Crippen LogP contribution in [0.1, 0.15) is 39.5 Å². The van der Waals surface area contributed by atoms with Gasteiger partial charge in [-0.3, -0.25) is 9.59 Å². The maximum Gasteiger partial charge on any atom is 0.309 e. The van der Waals surface area contributed by atoms with Crippen LogP contribution in [0.25, 0.3) is 0 Å². The summed E-state index contributed by atoms with van der Waals surface area (Å²) in [6, 6.07) is 0. The lowest BCUT2D eigenvalue weighted by Gasteiger charge is -2.26. The number of hydrogen-bond donors (Lipinski definition) is 1. The number of carboxylic acids is 1. The lowest BCUT2D eigenvalue weighted by Crippen LogP contribution is -2.34. The molecule has 1 aliphatic rings. The van der Waals surface area contributed by atoms with Gasteiger partial charge >= 0.3 is 11.9 Å². The minimum absolute atomic E-state index is 0.193. The van der Waals surface area contributed by atoms with Crippen molar-refractivity contribution in [1.29, 1.82) is 0 Å². The van der Waals surface area contributed by atoms with Crippen molar-refractivity contribution < 1.29 is 24.2 Å². The van der Waals surface area contributed by atoms with Gasteiger partial charge in [0.05, 0.1) is 18.4 Å². The molecule has 0 aromatic rings. The fourth-order valence-corrected chi connectivity index (χ4v) is 2.04. The van der Waals surface area contributed by atoms with Gasteiger partial charge in [0.1, 0.15) is 6.61 Å². The van der Waals surface area contributed by atoms with Gasteiger partial charge < -0.3 is 14.6 Å². The summed E-state index contributed by atoms with van der Waals surface area (Å²) in [4.78, 5) is 22.6. The average Bonchev–Trinajstić information content (AvgIpc) is 2.38. The van der Waals surface area contributed by atoms with E-state index in [0.717, 1.165) is 12.8 Å². The van der Waals surface area contributed by atoms with Crippen LogP contribution in [-0.2, 0) is 19.1 Å². The summed E-state index contributed by atoms with van der Waals surface area (Å²) >= 11 is 0. The Labute approximate surface area is 121 Å². The van der Waals surface area contributed by atoms with E-state index in [-0.39, 0.29) is 6.61 Å². The van der Waals surface area contributed by atoms with Crippen molar-refractivity contribution in [1.82, 2.24) is 0 Å². The zero-order valence-electron chi connectivity index (χ0n) is 12.7. The first-order chi connectivity index (χ1) is 9.40. The number of aliphatic carboxylic acids is 1. The summed E-state index contributed by atoms with van der Waals surface area (Å²) in [5.41, 5.74) is 1.17. The van der Waals surface area contributed by atoms with Crippen molar-refractivity contribution >= 4 is 11.9 Å². The van der Waals surface area contributed by atoms with Crippen LogP contribution < -0.4 is 0 Å². The van der Waals surface area contributed by atoms with Crippen molar-refractivity contribution in [2.75, 3.05) is 20.3 Å². The largest absolute Gasteiger partial charge is 0.481 e. The number of hydrogen-bond acceptors (Lipinski definition) is 4. The summed E-state index contributed by atoms with van der Waals surface area (Å²) in [6.45, 7) is 8.04. The Kier molecular flexibility index (Phi) is 9.72. The molecular formula is C15H26O5. The molecule has 0 aromatic heterocycles. The van der Waals surface area contributed by atoms with Crippen molar-refractivity contribution in [2.45, 2.75) is 39.5 Å². The molecular weight excluding hydrogens is 260 g/mol. The quantitative estimate of drug-likeness (QED) is 0.478. The number of carbonyl (C=O) groups excluding carboxylic acids is 1. The van der Waals surface area contributed by atoms with Crippen molar-refractivity contribution in [3.8, 4) is 0 Å². The molecule has 5 heteroatoms. The van der Waals surface area contributed by atoms with E-state index in [1.165, 1.54) is 12.7 Å². The highest BCUT2D eigenvalue weighted by Crippen LogP contribution is 2.31. The third-order valence-corrected chi connectivity index (χ3v) is 2.92. The van der Waals surface area contributed by atoms with E-state index < -0.39 is 23.8 Å². The second kappa shape index (κ2) is 10.4. The molecule has 0 aromatic carbocycles. The molecule has 2 unspecified atom stereocenters. The lowest BCUT2D eigenvalue weighted by molar-refractivity contribution is -0.160. The van der Waals surface area contributed by atoms with Gasteiger partial charge in [-0.15, -0.1) is 6.58 Å². The van der Waals surface area contributed by atoms with E-state index in [0.29, 0.717) is 19.4 Å². The summed E-state index contributed by atoms with van der Waals surface area (Å²) in [5, 5.41) is 9.00. The van der Waals surface area contributed by atoms with E-state index in [1.807, 2.05) is 13.8 Å². The first-order valence-electron chi connectivity index (χ1n) is 6.90. The fraction of sp³-hybridized carbons (Fsp3) is 0.733. The zero-order chi connectivity index (χ0) is 15.5. The van der Waals surface area contributed by atoms with Crippen LogP contribution in [0.4, 0.5) is 0 Å². The van der Waals surface area contributed by atoms with Gasteiger partial charge in [-0.05, 0) is 26.7 Å². The second-order valence-electron chi connectivity index (χ2n) is 5.20. The molecule has 1 rings (SSSR count).